The number of benzene rings is 2. The molecule has 1 amide bonds. The predicted octanol–water partition coefficient (Wildman–Crippen LogP) is 4.95. The first-order valence-electron chi connectivity index (χ1n) is 14.2. The zero-order valence-corrected chi connectivity index (χ0v) is 24.2. The Morgan fingerprint density at radius 3 is 2.76 bits per heavy atom. The zero-order valence-electron chi connectivity index (χ0n) is 23.3. The van der Waals surface area contributed by atoms with Crippen LogP contribution in [0.5, 0.6) is 5.75 Å². The molecule has 1 atom stereocenters. The highest BCUT2D eigenvalue weighted by molar-refractivity contribution is 7.19. The van der Waals surface area contributed by atoms with E-state index in [1.165, 1.54) is 11.3 Å². The summed E-state index contributed by atoms with van der Waals surface area (Å²) in [5.41, 5.74) is 3.34. The highest BCUT2D eigenvalue weighted by Crippen LogP contribution is 2.41. The van der Waals surface area contributed by atoms with Crippen molar-refractivity contribution in [3.63, 3.8) is 0 Å². The number of hydrogen-bond acceptors (Lipinski definition) is 8. The number of carbonyl (C=O) groups is 2. The molecule has 0 bridgehead atoms. The van der Waals surface area contributed by atoms with E-state index in [0.717, 1.165) is 48.3 Å². The minimum atomic E-state index is -0.726. The largest absolute Gasteiger partial charge is 0.503 e. The van der Waals surface area contributed by atoms with E-state index in [1.807, 2.05) is 66.8 Å². The fraction of sp³-hybridized carbons (Fsp3) is 0.387. The van der Waals surface area contributed by atoms with Crippen LogP contribution in [0.4, 0.5) is 0 Å². The predicted molar refractivity (Wildman–Crippen MR) is 158 cm³/mol. The molecule has 2 aliphatic rings. The van der Waals surface area contributed by atoms with Gasteiger partial charge in [0, 0.05) is 31.9 Å². The van der Waals surface area contributed by atoms with E-state index in [4.69, 9.17) is 14.5 Å². The van der Waals surface area contributed by atoms with Gasteiger partial charge in [0.2, 0.25) is 5.78 Å². The number of thiazole rings is 1. The van der Waals surface area contributed by atoms with Crippen molar-refractivity contribution in [1.29, 1.82) is 0 Å². The Morgan fingerprint density at radius 1 is 1.15 bits per heavy atom. The van der Waals surface area contributed by atoms with Crippen molar-refractivity contribution in [2.24, 2.45) is 0 Å². The Hall–Kier alpha value is -3.73. The van der Waals surface area contributed by atoms with Crippen molar-refractivity contribution >= 4 is 39.0 Å². The van der Waals surface area contributed by atoms with Crippen molar-refractivity contribution in [3.05, 3.63) is 76.0 Å². The number of aromatic nitrogens is 2. The molecule has 2 aromatic heterocycles. The second-order valence-corrected chi connectivity index (χ2v) is 11.4. The van der Waals surface area contributed by atoms with Gasteiger partial charge in [-0.2, -0.15) is 0 Å². The minimum Gasteiger partial charge on any atom is -0.503 e. The Labute approximate surface area is 242 Å². The summed E-state index contributed by atoms with van der Waals surface area (Å²) in [6.45, 7) is 8.81. The molecule has 6 rings (SSSR count). The number of aryl methyl sites for hydroxylation is 1. The number of carbonyl (C=O) groups excluding carboxylic acids is 2. The number of nitrogens with zero attached hydrogens (tertiary/aromatic N) is 4. The van der Waals surface area contributed by atoms with Crippen LogP contribution in [0.1, 0.15) is 46.7 Å². The number of morpholine rings is 1. The topological polar surface area (TPSA) is 96.6 Å². The summed E-state index contributed by atoms with van der Waals surface area (Å²) in [4.78, 5) is 37.6. The summed E-state index contributed by atoms with van der Waals surface area (Å²) < 4.78 is 13.3. The first-order valence-corrected chi connectivity index (χ1v) is 15.0. The molecule has 4 aromatic rings. The van der Waals surface area contributed by atoms with E-state index in [1.54, 1.807) is 4.90 Å². The van der Waals surface area contributed by atoms with E-state index in [0.29, 0.717) is 48.4 Å². The summed E-state index contributed by atoms with van der Waals surface area (Å²) >= 11 is 1.28. The summed E-state index contributed by atoms with van der Waals surface area (Å²) in [5.74, 6) is -0.694. The lowest BCUT2D eigenvalue weighted by molar-refractivity contribution is -0.129. The average Bonchev–Trinajstić information content (AvgIpc) is 3.61. The van der Waals surface area contributed by atoms with Gasteiger partial charge in [0.15, 0.2) is 10.7 Å². The number of para-hydroxylation sites is 2. The van der Waals surface area contributed by atoms with Crippen LogP contribution in [-0.2, 0) is 9.53 Å². The molecule has 214 valence electrons. The van der Waals surface area contributed by atoms with Crippen LogP contribution < -0.4 is 4.74 Å². The molecular formula is C31H34N4O5S. The highest BCUT2D eigenvalue weighted by Gasteiger charge is 2.44. The van der Waals surface area contributed by atoms with Crippen molar-refractivity contribution < 1.29 is 24.2 Å². The minimum absolute atomic E-state index is 0.103. The maximum absolute atomic E-state index is 14.3. The molecule has 1 unspecified atom stereocenters. The van der Waals surface area contributed by atoms with Gasteiger partial charge in [0.1, 0.15) is 5.75 Å². The average molecular weight is 575 g/mol. The molecule has 2 aliphatic heterocycles. The molecule has 9 nitrogen and oxygen atoms in total. The van der Waals surface area contributed by atoms with Crippen LogP contribution in [0.2, 0.25) is 0 Å². The number of imidazole rings is 1. The number of hydrogen-bond donors (Lipinski definition) is 1. The number of rotatable bonds is 10. The summed E-state index contributed by atoms with van der Waals surface area (Å²) in [6.07, 6.45) is 1.57. The molecule has 0 spiro atoms. The maximum atomic E-state index is 14.3. The van der Waals surface area contributed by atoms with Crippen LogP contribution in [0.25, 0.3) is 16.0 Å². The molecule has 0 aliphatic carbocycles. The quantitative estimate of drug-likeness (QED) is 0.268. The van der Waals surface area contributed by atoms with E-state index in [-0.39, 0.29) is 11.4 Å². The molecule has 1 saturated heterocycles. The lowest BCUT2D eigenvalue weighted by Gasteiger charge is -2.30. The van der Waals surface area contributed by atoms with Gasteiger partial charge >= 0.3 is 0 Å². The van der Waals surface area contributed by atoms with Gasteiger partial charge in [-0.05, 0) is 49.6 Å². The first-order chi connectivity index (χ1) is 20.0. The molecule has 1 fully saturated rings. The Bertz CT molecular complexity index is 1630. The van der Waals surface area contributed by atoms with Gasteiger partial charge in [-0.1, -0.05) is 42.5 Å². The van der Waals surface area contributed by atoms with Gasteiger partial charge in [-0.25, -0.2) is 4.98 Å². The second kappa shape index (κ2) is 11.6. The molecule has 10 heteroatoms. The van der Waals surface area contributed by atoms with Gasteiger partial charge < -0.3 is 19.5 Å². The van der Waals surface area contributed by atoms with Crippen LogP contribution in [-0.4, -0.2) is 82.0 Å². The fourth-order valence-electron chi connectivity index (χ4n) is 5.74. The molecule has 1 N–H and O–H groups in total. The Morgan fingerprint density at radius 2 is 1.95 bits per heavy atom. The fourth-order valence-corrected chi connectivity index (χ4v) is 6.84. The monoisotopic (exact) mass is 574 g/mol. The smallest absolute Gasteiger partial charge is 0.290 e. The number of fused-ring (bicyclic) bond motifs is 3. The van der Waals surface area contributed by atoms with E-state index < -0.39 is 17.7 Å². The van der Waals surface area contributed by atoms with E-state index in [9.17, 15) is 14.7 Å². The number of ketones is 1. The number of aliphatic hydroxyl groups is 1. The van der Waals surface area contributed by atoms with Gasteiger partial charge in [-0.15, -0.1) is 0 Å². The second-order valence-electron chi connectivity index (χ2n) is 10.5. The lowest BCUT2D eigenvalue weighted by Crippen LogP contribution is -2.39. The van der Waals surface area contributed by atoms with Gasteiger partial charge in [0.05, 0.1) is 47.3 Å². The van der Waals surface area contributed by atoms with Crippen LogP contribution in [0.3, 0.4) is 0 Å². The van der Waals surface area contributed by atoms with Crippen molar-refractivity contribution in [3.8, 4) is 5.75 Å². The van der Waals surface area contributed by atoms with Gasteiger partial charge in [0.25, 0.3) is 5.91 Å². The molecule has 41 heavy (non-hydrogen) atoms. The molecule has 0 radical (unpaired) electrons. The van der Waals surface area contributed by atoms with Crippen molar-refractivity contribution in [1.82, 2.24) is 19.2 Å². The van der Waals surface area contributed by atoms with Crippen LogP contribution in [0, 0.1) is 6.92 Å². The molecular weight excluding hydrogens is 540 g/mol. The SMILES string of the molecule is CCCOc1cccc(C2C(C(=O)c3sc4nc5ccccc5n4c3C)=C(O)C(=O)N2CCCN2CCOCC2)c1. The molecule has 4 heterocycles. The standard InChI is InChI=1S/C31H34N4O5S/c1-3-16-40-22-9-6-8-21(19-22)26-25(28(37)30(38)34(26)13-7-12-33-14-17-39-18-15-33)27(36)29-20(2)35-24-11-5-4-10-23(24)32-31(35)41-29/h4-6,8-11,19,26,37H,3,7,12-18H2,1-2H3. The van der Waals surface area contributed by atoms with Crippen LogP contribution >= 0.6 is 11.3 Å². The zero-order chi connectivity index (χ0) is 28.5. The van der Waals surface area contributed by atoms with Crippen molar-refractivity contribution in [2.45, 2.75) is 32.7 Å². The third kappa shape index (κ3) is 5.11. The van der Waals surface area contributed by atoms with Crippen molar-refractivity contribution in [2.75, 3.05) is 46.0 Å². The first kappa shape index (κ1) is 27.4. The molecule has 2 aromatic carbocycles. The van der Waals surface area contributed by atoms with Crippen LogP contribution in [0.15, 0.2) is 59.9 Å². The summed E-state index contributed by atoms with van der Waals surface area (Å²) in [5, 5.41) is 11.2. The number of amides is 1. The van der Waals surface area contributed by atoms with Gasteiger partial charge in [-0.3, -0.25) is 18.9 Å². The number of ether oxygens (including phenoxy) is 2. The Balaban J connectivity index is 1.36. The van der Waals surface area contributed by atoms with E-state index >= 15 is 0 Å². The van der Waals surface area contributed by atoms with E-state index in [2.05, 4.69) is 4.90 Å². The molecule has 0 saturated carbocycles. The summed E-state index contributed by atoms with van der Waals surface area (Å²) in [6, 6.07) is 14.6. The summed E-state index contributed by atoms with van der Waals surface area (Å²) in [7, 11) is 0. The third-order valence-corrected chi connectivity index (χ3v) is 8.91. The lowest BCUT2D eigenvalue weighted by atomic mass is 9.94. The maximum Gasteiger partial charge on any atom is 0.290 e. The number of aliphatic hydroxyl groups excluding tert-OH is 1. The Kier molecular flexibility index (Phi) is 7.79. The normalized spacial score (nSPS) is 18.2. The number of Topliss-reactive ketones (excluding diaryl/α,β-unsaturated/α-hetero) is 1. The highest BCUT2D eigenvalue weighted by atomic mass is 32.1. The third-order valence-electron chi connectivity index (χ3n) is 7.77.